The van der Waals surface area contributed by atoms with Gasteiger partial charge >= 0.3 is 0 Å². The van der Waals surface area contributed by atoms with Crippen LogP contribution in [0.25, 0.3) is 0 Å². The van der Waals surface area contributed by atoms with Crippen LogP contribution in [0.4, 0.5) is 4.39 Å². The van der Waals surface area contributed by atoms with Gasteiger partial charge < -0.3 is 10.5 Å². The molecule has 0 saturated carbocycles. The molecular weight excluding hydrogens is 251 g/mol. The summed E-state index contributed by atoms with van der Waals surface area (Å²) >= 11 is 0. The van der Waals surface area contributed by atoms with Crippen LogP contribution in [0.3, 0.4) is 0 Å². The van der Waals surface area contributed by atoms with E-state index in [-0.39, 0.29) is 18.7 Å². The quantitative estimate of drug-likeness (QED) is 0.806. The highest BCUT2D eigenvalue weighted by molar-refractivity contribution is 5.96. The molecule has 1 heterocycles. The highest BCUT2D eigenvalue weighted by Crippen LogP contribution is 2.17. The number of benzene rings is 1. The number of methoxy groups -OCH3 is 1. The van der Waals surface area contributed by atoms with Crippen molar-refractivity contribution in [2.45, 2.75) is 13.1 Å². The summed E-state index contributed by atoms with van der Waals surface area (Å²) in [7, 11) is 1.43. The SMILES string of the molecule is COc1ccc(C(=O)Cn2cc(CN)nn2)c(F)c1. The summed E-state index contributed by atoms with van der Waals surface area (Å²) < 4.78 is 19.9. The number of rotatable bonds is 5. The van der Waals surface area contributed by atoms with E-state index < -0.39 is 11.6 Å². The highest BCUT2D eigenvalue weighted by Gasteiger charge is 2.14. The van der Waals surface area contributed by atoms with E-state index in [1.165, 1.54) is 30.0 Å². The third-order valence-electron chi connectivity index (χ3n) is 2.58. The minimum absolute atomic E-state index is 0.00871. The molecule has 0 fully saturated rings. The predicted molar refractivity (Wildman–Crippen MR) is 65.2 cm³/mol. The van der Waals surface area contributed by atoms with Crippen LogP contribution in [0.1, 0.15) is 16.1 Å². The van der Waals surface area contributed by atoms with Crippen LogP contribution in [-0.4, -0.2) is 27.9 Å². The Morgan fingerprint density at radius 1 is 1.53 bits per heavy atom. The second kappa shape index (κ2) is 5.57. The highest BCUT2D eigenvalue weighted by atomic mass is 19.1. The first-order chi connectivity index (χ1) is 9.13. The molecular formula is C12H13FN4O2. The van der Waals surface area contributed by atoms with E-state index in [2.05, 4.69) is 10.3 Å². The van der Waals surface area contributed by atoms with E-state index in [0.29, 0.717) is 11.4 Å². The Kier molecular flexibility index (Phi) is 3.86. The molecule has 0 spiro atoms. The van der Waals surface area contributed by atoms with Gasteiger partial charge in [-0.1, -0.05) is 5.21 Å². The van der Waals surface area contributed by atoms with Crippen molar-refractivity contribution in [2.75, 3.05) is 7.11 Å². The second-order valence-corrected chi connectivity index (χ2v) is 3.88. The molecule has 1 aromatic carbocycles. The lowest BCUT2D eigenvalue weighted by atomic mass is 10.1. The normalized spacial score (nSPS) is 10.5. The maximum absolute atomic E-state index is 13.7. The van der Waals surface area contributed by atoms with Gasteiger partial charge in [0, 0.05) is 12.6 Å². The Morgan fingerprint density at radius 3 is 2.89 bits per heavy atom. The summed E-state index contributed by atoms with van der Waals surface area (Å²) in [5.74, 6) is -0.655. The first kappa shape index (κ1) is 13.2. The van der Waals surface area contributed by atoms with Crippen LogP contribution in [-0.2, 0) is 13.1 Å². The zero-order valence-corrected chi connectivity index (χ0v) is 10.3. The lowest BCUT2D eigenvalue weighted by Gasteiger charge is -2.04. The number of ketones is 1. The number of hydrogen-bond acceptors (Lipinski definition) is 5. The zero-order valence-electron chi connectivity index (χ0n) is 10.3. The molecule has 0 aliphatic rings. The molecule has 0 radical (unpaired) electrons. The largest absolute Gasteiger partial charge is 0.497 e. The van der Waals surface area contributed by atoms with E-state index >= 15 is 0 Å². The minimum atomic E-state index is -0.622. The Labute approximate surface area is 109 Å². The van der Waals surface area contributed by atoms with Crippen LogP contribution >= 0.6 is 0 Å². The van der Waals surface area contributed by atoms with Gasteiger partial charge in [-0.3, -0.25) is 4.79 Å². The average Bonchev–Trinajstić information content (AvgIpc) is 2.86. The fourth-order valence-electron chi connectivity index (χ4n) is 1.59. The van der Waals surface area contributed by atoms with Crippen molar-refractivity contribution in [3.8, 4) is 5.75 Å². The van der Waals surface area contributed by atoms with Gasteiger partial charge in [-0.25, -0.2) is 9.07 Å². The molecule has 1 aromatic heterocycles. The van der Waals surface area contributed by atoms with Gasteiger partial charge in [0.1, 0.15) is 18.1 Å². The van der Waals surface area contributed by atoms with E-state index in [4.69, 9.17) is 10.5 Å². The van der Waals surface area contributed by atoms with Gasteiger partial charge in [0.05, 0.1) is 24.6 Å². The van der Waals surface area contributed by atoms with Crippen molar-refractivity contribution in [3.05, 3.63) is 41.5 Å². The third kappa shape index (κ3) is 2.94. The maximum atomic E-state index is 13.7. The first-order valence-corrected chi connectivity index (χ1v) is 5.60. The average molecular weight is 264 g/mol. The van der Waals surface area contributed by atoms with Gasteiger partial charge in [-0.15, -0.1) is 5.10 Å². The van der Waals surface area contributed by atoms with E-state index in [9.17, 15) is 9.18 Å². The molecule has 0 bridgehead atoms. The van der Waals surface area contributed by atoms with Gasteiger partial charge in [0.15, 0.2) is 5.78 Å². The van der Waals surface area contributed by atoms with Crippen molar-refractivity contribution in [1.82, 2.24) is 15.0 Å². The monoisotopic (exact) mass is 264 g/mol. The fourth-order valence-corrected chi connectivity index (χ4v) is 1.59. The molecule has 100 valence electrons. The van der Waals surface area contributed by atoms with Crippen molar-refractivity contribution >= 4 is 5.78 Å². The number of Topliss-reactive ketones (excluding diaryl/α,β-unsaturated/α-hetero) is 1. The summed E-state index contributed by atoms with van der Waals surface area (Å²) in [6, 6.07) is 4.08. The van der Waals surface area contributed by atoms with E-state index in [0.717, 1.165) is 0 Å². The molecule has 0 aliphatic heterocycles. The molecule has 6 nitrogen and oxygen atoms in total. The topological polar surface area (TPSA) is 83.0 Å². The van der Waals surface area contributed by atoms with Crippen LogP contribution in [0, 0.1) is 5.82 Å². The number of carbonyl (C=O) groups excluding carboxylic acids is 1. The molecule has 7 heteroatoms. The summed E-state index contributed by atoms with van der Waals surface area (Å²) in [6.45, 7) is 0.154. The summed E-state index contributed by atoms with van der Waals surface area (Å²) in [4.78, 5) is 11.9. The molecule has 0 unspecified atom stereocenters. The molecule has 0 aliphatic carbocycles. The molecule has 2 rings (SSSR count). The van der Waals surface area contributed by atoms with Gasteiger partial charge in [-0.05, 0) is 12.1 Å². The minimum Gasteiger partial charge on any atom is -0.497 e. The zero-order chi connectivity index (χ0) is 13.8. The maximum Gasteiger partial charge on any atom is 0.187 e. The number of aromatic nitrogens is 3. The third-order valence-corrected chi connectivity index (χ3v) is 2.58. The second-order valence-electron chi connectivity index (χ2n) is 3.88. The van der Waals surface area contributed by atoms with Crippen LogP contribution in [0.2, 0.25) is 0 Å². The summed E-state index contributed by atoms with van der Waals surface area (Å²) in [5, 5.41) is 7.49. The molecule has 2 aromatic rings. The number of carbonyl (C=O) groups is 1. The number of ether oxygens (including phenoxy) is 1. The van der Waals surface area contributed by atoms with Crippen LogP contribution < -0.4 is 10.5 Å². The summed E-state index contributed by atoms with van der Waals surface area (Å²) in [5.41, 5.74) is 5.95. The smallest absolute Gasteiger partial charge is 0.187 e. The standard InChI is InChI=1S/C12H13FN4O2/c1-19-9-2-3-10(11(13)4-9)12(18)7-17-6-8(5-14)15-16-17/h2-4,6H,5,7,14H2,1H3. The van der Waals surface area contributed by atoms with Crippen molar-refractivity contribution in [2.24, 2.45) is 5.73 Å². The van der Waals surface area contributed by atoms with Gasteiger partial charge in [0.2, 0.25) is 0 Å². The van der Waals surface area contributed by atoms with Crippen molar-refractivity contribution in [1.29, 1.82) is 0 Å². The lowest BCUT2D eigenvalue weighted by molar-refractivity contribution is 0.0963. The Morgan fingerprint density at radius 2 is 2.32 bits per heavy atom. The molecule has 2 N–H and O–H groups in total. The van der Waals surface area contributed by atoms with Gasteiger partial charge in [-0.2, -0.15) is 0 Å². The van der Waals surface area contributed by atoms with E-state index in [1.54, 1.807) is 6.20 Å². The Hall–Kier alpha value is -2.28. The lowest BCUT2D eigenvalue weighted by Crippen LogP contribution is -2.12. The first-order valence-electron chi connectivity index (χ1n) is 5.60. The van der Waals surface area contributed by atoms with E-state index in [1.807, 2.05) is 0 Å². The predicted octanol–water partition coefficient (Wildman–Crippen LogP) is 0.767. The number of nitrogens with two attached hydrogens (primary N) is 1. The Balaban J connectivity index is 2.15. The number of nitrogens with zero attached hydrogens (tertiary/aromatic N) is 3. The molecule has 0 atom stereocenters. The Bertz CT molecular complexity index is 597. The van der Waals surface area contributed by atoms with Crippen molar-refractivity contribution < 1.29 is 13.9 Å². The fraction of sp³-hybridized carbons (Fsp3) is 0.250. The molecule has 19 heavy (non-hydrogen) atoms. The van der Waals surface area contributed by atoms with Crippen LogP contribution in [0.5, 0.6) is 5.75 Å². The van der Waals surface area contributed by atoms with Crippen LogP contribution in [0.15, 0.2) is 24.4 Å². The summed E-state index contributed by atoms with van der Waals surface area (Å²) in [6.07, 6.45) is 1.55. The number of halogens is 1. The number of hydrogen-bond donors (Lipinski definition) is 1. The van der Waals surface area contributed by atoms with Crippen molar-refractivity contribution in [3.63, 3.8) is 0 Å². The molecule has 0 amide bonds. The van der Waals surface area contributed by atoms with Gasteiger partial charge in [0.25, 0.3) is 0 Å². The molecule has 0 saturated heterocycles.